The van der Waals surface area contributed by atoms with Crippen molar-refractivity contribution < 1.29 is 4.39 Å². The number of nitrogens with one attached hydrogen (secondary N) is 1. The highest BCUT2D eigenvalue weighted by atomic mass is 35.5. The molecule has 1 aliphatic carbocycles. The highest BCUT2D eigenvalue weighted by Crippen LogP contribution is 2.40. The Morgan fingerprint density at radius 2 is 2.20 bits per heavy atom. The molecule has 0 aliphatic heterocycles. The summed E-state index contributed by atoms with van der Waals surface area (Å²) in [5, 5.41) is 3.50. The van der Waals surface area contributed by atoms with E-state index in [-0.39, 0.29) is 16.9 Å². The van der Waals surface area contributed by atoms with Crippen LogP contribution in [0.4, 0.5) is 4.39 Å². The molecule has 1 aromatic rings. The molecule has 0 bridgehead atoms. The maximum absolute atomic E-state index is 13.3. The van der Waals surface area contributed by atoms with Crippen LogP contribution < -0.4 is 5.32 Å². The standard InChI is InChI=1S/C12H15ClFN/c1-15-12(8-4-2-5-8)9-6-3-7-10(14)11(9)13/h3,6-8,12,15H,2,4-5H2,1H3. The molecule has 1 unspecified atom stereocenters. The topological polar surface area (TPSA) is 12.0 Å². The van der Waals surface area contributed by atoms with Gasteiger partial charge in [0.15, 0.2) is 0 Å². The Kier molecular flexibility index (Phi) is 3.27. The van der Waals surface area contributed by atoms with Crippen LogP contribution in [-0.2, 0) is 0 Å². The smallest absolute Gasteiger partial charge is 0.142 e. The molecule has 1 aliphatic rings. The minimum absolute atomic E-state index is 0.196. The first-order valence-corrected chi connectivity index (χ1v) is 5.73. The van der Waals surface area contributed by atoms with Gasteiger partial charge < -0.3 is 5.32 Å². The molecule has 1 N–H and O–H groups in total. The minimum Gasteiger partial charge on any atom is -0.313 e. The van der Waals surface area contributed by atoms with Crippen LogP contribution in [0.3, 0.4) is 0 Å². The van der Waals surface area contributed by atoms with Crippen molar-refractivity contribution >= 4 is 11.6 Å². The normalized spacial score (nSPS) is 18.6. The average molecular weight is 228 g/mol. The van der Waals surface area contributed by atoms with E-state index < -0.39 is 0 Å². The van der Waals surface area contributed by atoms with Crippen molar-refractivity contribution in [2.75, 3.05) is 7.05 Å². The van der Waals surface area contributed by atoms with Gasteiger partial charge in [0.25, 0.3) is 0 Å². The summed E-state index contributed by atoms with van der Waals surface area (Å²) in [6.45, 7) is 0. The molecule has 1 atom stereocenters. The van der Waals surface area contributed by atoms with Crippen LogP contribution in [0.1, 0.15) is 30.9 Å². The number of benzene rings is 1. The Morgan fingerprint density at radius 1 is 1.47 bits per heavy atom. The van der Waals surface area contributed by atoms with Gasteiger partial charge in [0.2, 0.25) is 0 Å². The summed E-state index contributed by atoms with van der Waals surface area (Å²) in [5.41, 5.74) is 0.892. The van der Waals surface area contributed by atoms with Crippen LogP contribution in [-0.4, -0.2) is 7.05 Å². The van der Waals surface area contributed by atoms with Gasteiger partial charge in [-0.3, -0.25) is 0 Å². The van der Waals surface area contributed by atoms with E-state index in [1.54, 1.807) is 6.07 Å². The van der Waals surface area contributed by atoms with Crippen LogP contribution in [0.2, 0.25) is 5.02 Å². The molecule has 0 radical (unpaired) electrons. The van der Waals surface area contributed by atoms with Gasteiger partial charge >= 0.3 is 0 Å². The van der Waals surface area contributed by atoms with Crippen molar-refractivity contribution in [1.29, 1.82) is 0 Å². The van der Waals surface area contributed by atoms with Gasteiger partial charge in [-0.15, -0.1) is 0 Å². The Bertz CT molecular complexity index is 349. The molecule has 3 heteroatoms. The minimum atomic E-state index is -0.325. The zero-order valence-electron chi connectivity index (χ0n) is 8.76. The average Bonchev–Trinajstić information content (AvgIpc) is 2.16. The highest BCUT2D eigenvalue weighted by Gasteiger charge is 2.29. The van der Waals surface area contributed by atoms with Crippen molar-refractivity contribution in [2.24, 2.45) is 5.92 Å². The van der Waals surface area contributed by atoms with E-state index in [1.165, 1.54) is 25.3 Å². The van der Waals surface area contributed by atoms with Crippen molar-refractivity contribution in [2.45, 2.75) is 25.3 Å². The molecule has 15 heavy (non-hydrogen) atoms. The first-order chi connectivity index (χ1) is 7.24. The van der Waals surface area contributed by atoms with E-state index in [4.69, 9.17) is 11.6 Å². The molecular weight excluding hydrogens is 213 g/mol. The summed E-state index contributed by atoms with van der Waals surface area (Å²) < 4.78 is 13.3. The van der Waals surface area contributed by atoms with Crippen molar-refractivity contribution in [3.63, 3.8) is 0 Å². The predicted octanol–water partition coefficient (Wildman–Crippen LogP) is 3.54. The molecule has 1 fully saturated rings. The summed E-state index contributed by atoms with van der Waals surface area (Å²) in [6.07, 6.45) is 3.69. The maximum Gasteiger partial charge on any atom is 0.142 e. The summed E-state index contributed by atoms with van der Waals surface area (Å²) in [5.74, 6) is 0.281. The van der Waals surface area contributed by atoms with Crippen molar-refractivity contribution in [3.8, 4) is 0 Å². The first-order valence-electron chi connectivity index (χ1n) is 5.35. The lowest BCUT2D eigenvalue weighted by molar-refractivity contribution is 0.239. The summed E-state index contributed by atoms with van der Waals surface area (Å²) >= 11 is 5.98. The van der Waals surface area contributed by atoms with Gasteiger partial charge in [-0.05, 0) is 37.4 Å². The lowest BCUT2D eigenvalue weighted by Gasteiger charge is -2.34. The van der Waals surface area contributed by atoms with Crippen LogP contribution in [0.25, 0.3) is 0 Å². The van der Waals surface area contributed by atoms with Crippen molar-refractivity contribution in [1.82, 2.24) is 5.32 Å². The maximum atomic E-state index is 13.3. The molecular formula is C12H15ClFN. The third kappa shape index (κ3) is 2.01. The fourth-order valence-corrected chi connectivity index (χ4v) is 2.42. The van der Waals surface area contributed by atoms with E-state index in [9.17, 15) is 4.39 Å². The van der Waals surface area contributed by atoms with Crippen LogP contribution in [0.5, 0.6) is 0 Å². The zero-order valence-corrected chi connectivity index (χ0v) is 9.52. The molecule has 2 rings (SSSR count). The van der Waals surface area contributed by atoms with E-state index in [2.05, 4.69) is 5.32 Å². The third-order valence-electron chi connectivity index (χ3n) is 3.25. The van der Waals surface area contributed by atoms with Gasteiger partial charge in [-0.1, -0.05) is 30.2 Å². The fraction of sp³-hybridized carbons (Fsp3) is 0.500. The van der Waals surface area contributed by atoms with E-state index in [1.807, 2.05) is 13.1 Å². The molecule has 1 nitrogen and oxygen atoms in total. The molecule has 0 aromatic heterocycles. The monoisotopic (exact) mass is 227 g/mol. The van der Waals surface area contributed by atoms with Crippen LogP contribution in [0.15, 0.2) is 18.2 Å². The quantitative estimate of drug-likeness (QED) is 0.833. The van der Waals surface area contributed by atoms with Gasteiger partial charge in [0, 0.05) is 6.04 Å². The molecule has 1 aromatic carbocycles. The lowest BCUT2D eigenvalue weighted by atomic mass is 9.77. The molecule has 0 spiro atoms. The molecule has 1 saturated carbocycles. The Labute approximate surface area is 94.6 Å². The second-order valence-corrected chi connectivity index (χ2v) is 4.48. The summed E-state index contributed by atoms with van der Waals surface area (Å²) in [7, 11) is 1.91. The number of hydrogen-bond donors (Lipinski definition) is 1. The summed E-state index contributed by atoms with van der Waals surface area (Å²) in [6, 6.07) is 5.23. The second-order valence-electron chi connectivity index (χ2n) is 4.10. The molecule has 82 valence electrons. The van der Waals surface area contributed by atoms with Gasteiger partial charge in [0.05, 0.1) is 5.02 Å². The van der Waals surface area contributed by atoms with E-state index in [0.29, 0.717) is 5.92 Å². The molecule has 0 amide bonds. The lowest BCUT2D eigenvalue weighted by Crippen LogP contribution is -2.30. The van der Waals surface area contributed by atoms with Gasteiger partial charge in [0.1, 0.15) is 5.82 Å². The largest absolute Gasteiger partial charge is 0.313 e. The van der Waals surface area contributed by atoms with Crippen molar-refractivity contribution in [3.05, 3.63) is 34.6 Å². The zero-order chi connectivity index (χ0) is 10.8. The Balaban J connectivity index is 2.29. The van der Waals surface area contributed by atoms with E-state index >= 15 is 0 Å². The third-order valence-corrected chi connectivity index (χ3v) is 3.65. The predicted molar refractivity (Wildman–Crippen MR) is 60.6 cm³/mol. The van der Waals surface area contributed by atoms with Gasteiger partial charge in [-0.25, -0.2) is 4.39 Å². The molecule has 0 heterocycles. The van der Waals surface area contributed by atoms with Crippen LogP contribution in [0, 0.1) is 11.7 Å². The second kappa shape index (κ2) is 4.50. The number of hydrogen-bond acceptors (Lipinski definition) is 1. The number of halogens is 2. The van der Waals surface area contributed by atoms with Gasteiger partial charge in [-0.2, -0.15) is 0 Å². The SMILES string of the molecule is CNC(c1cccc(F)c1Cl)C1CCC1. The Hall–Kier alpha value is -0.600. The number of rotatable bonds is 3. The first kappa shape index (κ1) is 10.9. The molecule has 0 saturated heterocycles. The highest BCUT2D eigenvalue weighted by molar-refractivity contribution is 6.31. The van der Waals surface area contributed by atoms with E-state index in [0.717, 1.165) is 5.56 Å². The Morgan fingerprint density at radius 3 is 2.73 bits per heavy atom. The summed E-state index contributed by atoms with van der Waals surface area (Å²) in [4.78, 5) is 0. The fourth-order valence-electron chi connectivity index (χ4n) is 2.18. The van der Waals surface area contributed by atoms with Crippen LogP contribution >= 0.6 is 11.6 Å².